The molecule has 0 radical (unpaired) electrons. The second-order valence-electron chi connectivity index (χ2n) is 6.37. The van der Waals surface area contributed by atoms with Gasteiger partial charge in [-0.25, -0.2) is 0 Å². The highest BCUT2D eigenvalue weighted by atomic mass is 127. The lowest BCUT2D eigenvalue weighted by Crippen LogP contribution is -2.68. The maximum Gasteiger partial charge on any atom is 0.175 e. The zero-order valence-electron chi connectivity index (χ0n) is 15.2. The van der Waals surface area contributed by atoms with Gasteiger partial charge in [0, 0.05) is 3.57 Å². The minimum atomic E-state index is -2.29. The zero-order chi connectivity index (χ0) is 18.4. The van der Waals surface area contributed by atoms with E-state index in [2.05, 4.69) is 140 Å². The Hall–Kier alpha value is -1.91. The Balaban J connectivity index is 2.42. The van der Waals surface area contributed by atoms with E-state index < -0.39 is 8.07 Å². The fourth-order valence-electron chi connectivity index (χ4n) is 3.65. The first-order chi connectivity index (χ1) is 12.7. The molecule has 130 valence electrons. The van der Waals surface area contributed by atoms with Gasteiger partial charge in [0.25, 0.3) is 0 Å². The highest BCUT2D eigenvalue weighted by Crippen LogP contribution is 2.18. The Kier molecular flexibility index (Phi) is 6.28. The van der Waals surface area contributed by atoms with Crippen LogP contribution < -0.4 is 15.6 Å². The first kappa shape index (κ1) is 18.9. The molecule has 0 aliphatic heterocycles. The number of hydrogen-bond acceptors (Lipinski definition) is 0. The van der Waals surface area contributed by atoms with Gasteiger partial charge in [-0.05, 0) is 64.1 Å². The summed E-state index contributed by atoms with van der Waals surface area (Å²) in [5.41, 5.74) is 0. The highest BCUT2D eigenvalue weighted by Gasteiger charge is 2.40. The van der Waals surface area contributed by atoms with Crippen molar-refractivity contribution >= 4 is 46.2 Å². The molecule has 0 atom stereocenters. The number of hydrogen-bond donors (Lipinski definition) is 0. The van der Waals surface area contributed by atoms with Gasteiger partial charge in [0.15, 0.2) is 8.07 Å². The van der Waals surface area contributed by atoms with Crippen molar-refractivity contribution in [2.24, 2.45) is 0 Å². The molecule has 0 aliphatic rings. The maximum absolute atomic E-state index is 2.43. The van der Waals surface area contributed by atoms with Crippen LogP contribution >= 0.6 is 22.6 Å². The molecule has 26 heavy (non-hydrogen) atoms. The molecule has 0 spiro atoms. The van der Waals surface area contributed by atoms with Crippen molar-refractivity contribution in [2.45, 2.75) is 13.8 Å². The summed E-state index contributed by atoms with van der Waals surface area (Å²) in [5.74, 6) is 0. The van der Waals surface area contributed by atoms with Crippen LogP contribution in [0.3, 0.4) is 0 Å². The van der Waals surface area contributed by atoms with Crippen molar-refractivity contribution in [2.75, 3.05) is 0 Å². The fourth-order valence-corrected chi connectivity index (χ4v) is 9.30. The first-order valence-electron chi connectivity index (χ1n) is 8.86. The standard InChI is InChI=1S/C24H23ISi/c1-3-4-12-20(2)26(22-14-7-5-8-15-22,23-16-9-6-10-17-23)24-18-11-13-21(25)19-24/h3-19H,1-2H3/b4-3-,20-12+. The topological polar surface area (TPSA) is 0 Å². The Labute approximate surface area is 171 Å². The molecular formula is C24H23ISi. The van der Waals surface area contributed by atoms with Crippen molar-refractivity contribution in [3.05, 3.63) is 112 Å². The molecule has 0 aliphatic carbocycles. The smallest absolute Gasteiger partial charge is 0.0877 e. The summed E-state index contributed by atoms with van der Waals surface area (Å²) in [7, 11) is -2.29. The summed E-state index contributed by atoms with van der Waals surface area (Å²) in [6, 6.07) is 31.1. The third kappa shape index (κ3) is 3.62. The van der Waals surface area contributed by atoms with E-state index in [1.54, 1.807) is 0 Å². The average Bonchev–Trinajstić information content (AvgIpc) is 2.69. The molecule has 0 fully saturated rings. The van der Waals surface area contributed by atoms with Crippen LogP contribution in [0.15, 0.2) is 108 Å². The molecule has 0 aromatic heterocycles. The summed E-state index contributed by atoms with van der Waals surface area (Å²) >= 11 is 2.43. The molecule has 3 rings (SSSR count). The van der Waals surface area contributed by atoms with E-state index in [-0.39, 0.29) is 0 Å². The van der Waals surface area contributed by atoms with Gasteiger partial charge in [-0.1, -0.05) is 96.2 Å². The van der Waals surface area contributed by atoms with Gasteiger partial charge in [0.2, 0.25) is 0 Å². The van der Waals surface area contributed by atoms with Gasteiger partial charge in [-0.3, -0.25) is 0 Å². The molecule has 3 aromatic rings. The molecule has 0 saturated carbocycles. The average molecular weight is 466 g/mol. The Morgan fingerprint density at radius 2 is 1.31 bits per heavy atom. The molecule has 3 aromatic carbocycles. The molecule has 0 N–H and O–H groups in total. The van der Waals surface area contributed by atoms with Gasteiger partial charge in [-0.2, -0.15) is 0 Å². The highest BCUT2D eigenvalue weighted by molar-refractivity contribution is 14.1. The second-order valence-corrected chi connectivity index (χ2v) is 11.6. The fraction of sp³-hybridized carbons (Fsp3) is 0.0833. The third-order valence-corrected chi connectivity index (χ3v) is 10.4. The van der Waals surface area contributed by atoms with Gasteiger partial charge < -0.3 is 0 Å². The van der Waals surface area contributed by atoms with E-state index in [1.807, 2.05) is 0 Å². The van der Waals surface area contributed by atoms with Crippen LogP contribution in [0.1, 0.15) is 13.8 Å². The SMILES string of the molecule is C/C=C\C=C(/C)[Si](c1ccccc1)(c1ccccc1)c1cccc(I)c1. The van der Waals surface area contributed by atoms with Crippen LogP contribution in [0, 0.1) is 3.57 Å². The third-order valence-electron chi connectivity index (χ3n) is 4.80. The monoisotopic (exact) mass is 466 g/mol. The van der Waals surface area contributed by atoms with Crippen molar-refractivity contribution in [1.29, 1.82) is 0 Å². The van der Waals surface area contributed by atoms with Crippen LogP contribution in [0.2, 0.25) is 0 Å². The Morgan fingerprint density at radius 1 is 0.769 bits per heavy atom. The summed E-state index contributed by atoms with van der Waals surface area (Å²) in [4.78, 5) is 0. The van der Waals surface area contributed by atoms with Crippen LogP contribution in [-0.4, -0.2) is 8.07 Å². The predicted octanol–water partition coefficient (Wildman–Crippen LogP) is 4.82. The van der Waals surface area contributed by atoms with Crippen molar-refractivity contribution in [3.8, 4) is 0 Å². The van der Waals surface area contributed by atoms with E-state index in [1.165, 1.54) is 24.3 Å². The van der Waals surface area contributed by atoms with Gasteiger partial charge >= 0.3 is 0 Å². The van der Waals surface area contributed by atoms with Crippen LogP contribution in [0.25, 0.3) is 0 Å². The molecule has 0 nitrogen and oxygen atoms in total. The van der Waals surface area contributed by atoms with Crippen molar-refractivity contribution in [1.82, 2.24) is 0 Å². The second kappa shape index (κ2) is 8.65. The lowest BCUT2D eigenvalue weighted by Gasteiger charge is -2.35. The number of allylic oxidation sites excluding steroid dienone is 4. The van der Waals surface area contributed by atoms with Crippen molar-refractivity contribution < 1.29 is 0 Å². The van der Waals surface area contributed by atoms with E-state index in [9.17, 15) is 0 Å². The summed E-state index contributed by atoms with van der Waals surface area (Å²) < 4.78 is 1.28. The largest absolute Gasteiger partial charge is 0.175 e. The summed E-state index contributed by atoms with van der Waals surface area (Å²) in [5, 5.41) is 5.72. The van der Waals surface area contributed by atoms with E-state index in [4.69, 9.17) is 0 Å². The van der Waals surface area contributed by atoms with E-state index in [0.29, 0.717) is 0 Å². The van der Waals surface area contributed by atoms with Gasteiger partial charge in [-0.15, -0.1) is 0 Å². The van der Waals surface area contributed by atoms with Crippen LogP contribution in [-0.2, 0) is 0 Å². The summed E-state index contributed by atoms with van der Waals surface area (Å²) in [6.07, 6.45) is 6.57. The van der Waals surface area contributed by atoms with E-state index >= 15 is 0 Å². The quantitative estimate of drug-likeness (QED) is 0.219. The molecule has 0 heterocycles. The van der Waals surface area contributed by atoms with E-state index in [0.717, 1.165) is 0 Å². The Morgan fingerprint density at radius 3 is 1.81 bits per heavy atom. The molecule has 0 bridgehead atoms. The maximum atomic E-state index is 2.43. The molecule has 2 heteroatoms. The number of rotatable bonds is 5. The normalized spacial score (nSPS) is 12.5. The molecule has 0 amide bonds. The van der Waals surface area contributed by atoms with Crippen LogP contribution in [0.4, 0.5) is 0 Å². The number of benzene rings is 3. The minimum absolute atomic E-state index is 1.28. The molecule has 0 unspecified atom stereocenters. The molecule has 0 saturated heterocycles. The van der Waals surface area contributed by atoms with Crippen molar-refractivity contribution in [3.63, 3.8) is 0 Å². The Bertz CT molecular complexity index is 872. The molecular weight excluding hydrogens is 443 g/mol. The van der Waals surface area contributed by atoms with Gasteiger partial charge in [0.05, 0.1) is 0 Å². The van der Waals surface area contributed by atoms with Gasteiger partial charge in [0.1, 0.15) is 0 Å². The predicted molar refractivity (Wildman–Crippen MR) is 125 cm³/mol. The lowest BCUT2D eigenvalue weighted by molar-refractivity contribution is 1.55. The lowest BCUT2D eigenvalue weighted by atomic mass is 10.3. The first-order valence-corrected chi connectivity index (χ1v) is 11.9. The number of halogens is 1. The van der Waals surface area contributed by atoms with Crippen LogP contribution in [0.5, 0.6) is 0 Å². The zero-order valence-corrected chi connectivity index (χ0v) is 18.4. The minimum Gasteiger partial charge on any atom is -0.0877 e. The summed E-state index contributed by atoms with van der Waals surface area (Å²) in [6.45, 7) is 4.37.